The van der Waals surface area contributed by atoms with Gasteiger partial charge in [-0.1, -0.05) is 17.8 Å². The number of hydrogen-bond acceptors (Lipinski definition) is 5. The van der Waals surface area contributed by atoms with E-state index in [9.17, 15) is 0 Å². The molecular formula is C18H21N5S. The van der Waals surface area contributed by atoms with E-state index in [1.54, 1.807) is 24.2 Å². The van der Waals surface area contributed by atoms with Gasteiger partial charge in [-0.2, -0.15) is 0 Å². The molecule has 2 aromatic heterocycles. The predicted molar refractivity (Wildman–Crippen MR) is 99.7 cm³/mol. The monoisotopic (exact) mass is 339 g/mol. The van der Waals surface area contributed by atoms with Crippen molar-refractivity contribution in [3.8, 4) is 0 Å². The quantitative estimate of drug-likeness (QED) is 0.572. The Kier molecular flexibility index (Phi) is 4.66. The standard InChI is InChI=1S/C18H21N5S/c1-3-16-15(5-8-19-16)17(4-1)23-11-9-22(10-12-23)13-14-24-18-20-6-2-7-21-18/h1-8,19H,9-14H2. The number of thioether (sulfide) groups is 1. The van der Waals surface area contributed by atoms with E-state index >= 15 is 0 Å². The molecule has 0 atom stereocenters. The minimum absolute atomic E-state index is 0.871. The van der Waals surface area contributed by atoms with Crippen LogP contribution in [0.3, 0.4) is 0 Å². The second-order valence-electron chi connectivity index (χ2n) is 5.92. The van der Waals surface area contributed by atoms with Crippen molar-refractivity contribution in [2.24, 2.45) is 0 Å². The van der Waals surface area contributed by atoms with Crippen LogP contribution < -0.4 is 4.90 Å². The molecule has 6 heteroatoms. The third kappa shape index (κ3) is 3.39. The summed E-state index contributed by atoms with van der Waals surface area (Å²) in [7, 11) is 0. The third-order valence-corrected chi connectivity index (χ3v) is 5.32. The van der Waals surface area contributed by atoms with E-state index in [1.807, 2.05) is 12.3 Å². The number of hydrogen-bond donors (Lipinski definition) is 1. The van der Waals surface area contributed by atoms with Gasteiger partial charge in [-0.05, 0) is 24.3 Å². The summed E-state index contributed by atoms with van der Waals surface area (Å²) in [6.45, 7) is 5.47. The number of aromatic amines is 1. The lowest BCUT2D eigenvalue weighted by Crippen LogP contribution is -2.47. The number of aromatic nitrogens is 3. The predicted octanol–water partition coefficient (Wildman–Crippen LogP) is 2.87. The molecule has 1 aliphatic heterocycles. The summed E-state index contributed by atoms with van der Waals surface area (Å²) in [6.07, 6.45) is 5.62. The van der Waals surface area contributed by atoms with Gasteiger partial charge in [-0.25, -0.2) is 9.97 Å². The Morgan fingerprint density at radius 1 is 1.00 bits per heavy atom. The molecule has 0 amide bonds. The highest BCUT2D eigenvalue weighted by molar-refractivity contribution is 7.99. The number of nitrogens with zero attached hydrogens (tertiary/aromatic N) is 4. The molecule has 5 nitrogen and oxygen atoms in total. The lowest BCUT2D eigenvalue weighted by atomic mass is 10.2. The summed E-state index contributed by atoms with van der Waals surface area (Å²) in [5.74, 6) is 1.04. The molecule has 0 bridgehead atoms. The topological polar surface area (TPSA) is 48.1 Å². The van der Waals surface area contributed by atoms with Crippen molar-refractivity contribution in [3.05, 3.63) is 48.9 Å². The van der Waals surface area contributed by atoms with E-state index < -0.39 is 0 Å². The largest absolute Gasteiger partial charge is 0.368 e. The molecule has 1 saturated heterocycles. The lowest BCUT2D eigenvalue weighted by molar-refractivity contribution is 0.273. The van der Waals surface area contributed by atoms with Gasteiger partial charge in [0, 0.05) is 73.7 Å². The zero-order valence-corrected chi connectivity index (χ0v) is 14.4. The Bertz CT molecular complexity index is 780. The van der Waals surface area contributed by atoms with Crippen LogP contribution in [0, 0.1) is 0 Å². The first-order valence-corrected chi connectivity index (χ1v) is 9.32. The number of piperazine rings is 1. The van der Waals surface area contributed by atoms with Crippen molar-refractivity contribution in [2.75, 3.05) is 43.4 Å². The zero-order chi connectivity index (χ0) is 16.2. The van der Waals surface area contributed by atoms with Crippen LogP contribution in [0.5, 0.6) is 0 Å². The summed E-state index contributed by atoms with van der Waals surface area (Å²) in [5.41, 5.74) is 2.56. The maximum Gasteiger partial charge on any atom is 0.187 e. The van der Waals surface area contributed by atoms with Crippen LogP contribution >= 0.6 is 11.8 Å². The second kappa shape index (κ2) is 7.23. The summed E-state index contributed by atoms with van der Waals surface area (Å²) in [6, 6.07) is 10.5. The Morgan fingerprint density at radius 2 is 1.83 bits per heavy atom. The fraction of sp³-hybridized carbons (Fsp3) is 0.333. The highest BCUT2D eigenvalue weighted by atomic mass is 32.2. The summed E-state index contributed by atoms with van der Waals surface area (Å²) in [5, 5.41) is 2.19. The fourth-order valence-corrected chi connectivity index (χ4v) is 3.99. The minimum Gasteiger partial charge on any atom is -0.368 e. The van der Waals surface area contributed by atoms with Crippen LogP contribution in [-0.2, 0) is 0 Å². The molecule has 0 radical (unpaired) electrons. The number of rotatable bonds is 5. The number of nitrogens with one attached hydrogen (secondary N) is 1. The van der Waals surface area contributed by atoms with Gasteiger partial charge >= 0.3 is 0 Å². The number of H-pyrrole nitrogens is 1. The minimum atomic E-state index is 0.871. The Balaban J connectivity index is 1.30. The van der Waals surface area contributed by atoms with Crippen molar-refractivity contribution in [1.82, 2.24) is 19.9 Å². The Hall–Kier alpha value is -2.05. The van der Waals surface area contributed by atoms with Gasteiger partial charge in [0.15, 0.2) is 5.16 Å². The van der Waals surface area contributed by atoms with Crippen LogP contribution in [0.4, 0.5) is 5.69 Å². The van der Waals surface area contributed by atoms with Crippen molar-refractivity contribution in [3.63, 3.8) is 0 Å². The molecule has 0 saturated carbocycles. The highest BCUT2D eigenvalue weighted by Crippen LogP contribution is 2.27. The van der Waals surface area contributed by atoms with E-state index in [4.69, 9.17) is 0 Å². The van der Waals surface area contributed by atoms with E-state index in [2.05, 4.69) is 49.0 Å². The van der Waals surface area contributed by atoms with Crippen molar-refractivity contribution >= 4 is 28.4 Å². The number of benzene rings is 1. The van der Waals surface area contributed by atoms with Crippen LogP contribution in [-0.4, -0.2) is 58.3 Å². The normalized spacial score (nSPS) is 15.9. The highest BCUT2D eigenvalue weighted by Gasteiger charge is 2.18. The van der Waals surface area contributed by atoms with Crippen LogP contribution in [0.2, 0.25) is 0 Å². The van der Waals surface area contributed by atoms with Crippen LogP contribution in [0.15, 0.2) is 54.1 Å². The molecule has 0 spiro atoms. The van der Waals surface area contributed by atoms with Gasteiger partial charge in [0.2, 0.25) is 0 Å². The molecule has 1 aliphatic rings. The van der Waals surface area contributed by atoms with E-state index in [0.29, 0.717) is 0 Å². The smallest absolute Gasteiger partial charge is 0.187 e. The summed E-state index contributed by atoms with van der Waals surface area (Å²) >= 11 is 1.73. The molecule has 1 aromatic carbocycles. The molecule has 4 rings (SSSR count). The molecule has 0 aliphatic carbocycles. The first-order chi connectivity index (χ1) is 11.9. The van der Waals surface area contributed by atoms with Gasteiger partial charge in [-0.15, -0.1) is 0 Å². The Labute approximate surface area is 146 Å². The Morgan fingerprint density at radius 3 is 2.67 bits per heavy atom. The summed E-state index contributed by atoms with van der Waals surface area (Å²) < 4.78 is 0. The van der Waals surface area contributed by atoms with E-state index in [0.717, 1.165) is 43.6 Å². The van der Waals surface area contributed by atoms with Gasteiger partial charge in [0.25, 0.3) is 0 Å². The average molecular weight is 339 g/mol. The van der Waals surface area contributed by atoms with E-state index in [-0.39, 0.29) is 0 Å². The molecule has 1 N–H and O–H groups in total. The molecule has 3 heterocycles. The lowest BCUT2D eigenvalue weighted by Gasteiger charge is -2.36. The number of fused-ring (bicyclic) bond motifs is 1. The van der Waals surface area contributed by atoms with Crippen molar-refractivity contribution < 1.29 is 0 Å². The summed E-state index contributed by atoms with van der Waals surface area (Å²) in [4.78, 5) is 16.8. The first-order valence-electron chi connectivity index (χ1n) is 8.33. The fourth-order valence-electron chi connectivity index (χ4n) is 3.18. The molecule has 24 heavy (non-hydrogen) atoms. The maximum atomic E-state index is 4.26. The molecule has 124 valence electrons. The second-order valence-corrected chi connectivity index (χ2v) is 6.99. The van der Waals surface area contributed by atoms with Gasteiger partial charge in [-0.3, -0.25) is 4.90 Å². The van der Waals surface area contributed by atoms with Crippen molar-refractivity contribution in [1.29, 1.82) is 0 Å². The van der Waals surface area contributed by atoms with E-state index in [1.165, 1.54) is 16.6 Å². The SMILES string of the molecule is c1cnc(SCCN2CCN(c3cccc4[nH]ccc34)CC2)nc1. The molecule has 1 fully saturated rings. The molecule has 3 aromatic rings. The molecule has 0 unspecified atom stereocenters. The van der Waals surface area contributed by atoms with Crippen molar-refractivity contribution in [2.45, 2.75) is 5.16 Å². The molecular weight excluding hydrogens is 318 g/mol. The van der Waals surface area contributed by atoms with Crippen LogP contribution in [0.1, 0.15) is 0 Å². The third-order valence-electron chi connectivity index (χ3n) is 4.47. The number of anilines is 1. The average Bonchev–Trinajstić information content (AvgIpc) is 3.12. The van der Waals surface area contributed by atoms with Gasteiger partial charge in [0.05, 0.1) is 0 Å². The van der Waals surface area contributed by atoms with Crippen LogP contribution in [0.25, 0.3) is 10.9 Å². The zero-order valence-electron chi connectivity index (χ0n) is 13.6. The van der Waals surface area contributed by atoms with Gasteiger partial charge < -0.3 is 9.88 Å². The maximum absolute atomic E-state index is 4.26. The first kappa shape index (κ1) is 15.5. The van der Waals surface area contributed by atoms with Gasteiger partial charge in [0.1, 0.15) is 0 Å².